The topological polar surface area (TPSA) is 50.9 Å². The van der Waals surface area contributed by atoms with Gasteiger partial charge >= 0.3 is 0 Å². The quantitative estimate of drug-likeness (QED) is 0.644. The normalized spacial score (nSPS) is 14.2. The molecule has 0 unspecified atom stereocenters. The number of nitrogens with zero attached hydrogens (tertiary/aromatic N) is 1. The highest BCUT2D eigenvalue weighted by Gasteiger charge is 2.12. The third-order valence-corrected chi connectivity index (χ3v) is 2.30. The number of hydrogen-bond donors (Lipinski definition) is 2. The summed E-state index contributed by atoms with van der Waals surface area (Å²) in [6.07, 6.45) is 1.08. The third-order valence-electron chi connectivity index (χ3n) is 2.30. The minimum Gasteiger partial charge on any atom is -0.370 e. The molecule has 0 amide bonds. The Labute approximate surface area is 72.0 Å². The summed E-state index contributed by atoms with van der Waals surface area (Å²) in [6, 6.07) is 2.16. The van der Waals surface area contributed by atoms with Gasteiger partial charge in [0.15, 0.2) is 0 Å². The summed E-state index contributed by atoms with van der Waals surface area (Å²) < 4.78 is 0. The van der Waals surface area contributed by atoms with Crippen LogP contribution in [0, 0.1) is 6.92 Å². The summed E-state index contributed by atoms with van der Waals surface area (Å²) in [6.45, 7) is 3.60. The van der Waals surface area contributed by atoms with Gasteiger partial charge in [-0.2, -0.15) is 0 Å². The first-order valence-electron chi connectivity index (χ1n) is 4.24. The number of anilines is 1. The van der Waals surface area contributed by atoms with Gasteiger partial charge in [0, 0.05) is 18.8 Å². The second kappa shape index (κ2) is 2.75. The van der Waals surface area contributed by atoms with Gasteiger partial charge in [-0.05, 0) is 30.5 Å². The molecule has 12 heavy (non-hydrogen) atoms. The Balaban J connectivity index is 2.49. The van der Waals surface area contributed by atoms with Gasteiger partial charge in [-0.1, -0.05) is 0 Å². The van der Waals surface area contributed by atoms with Crippen molar-refractivity contribution in [2.75, 3.05) is 11.9 Å². The number of aromatic nitrogens is 1. The molecule has 0 bridgehead atoms. The maximum atomic E-state index is 5.58. The molecule has 3 nitrogen and oxygen atoms in total. The molecule has 3 heteroatoms. The summed E-state index contributed by atoms with van der Waals surface area (Å²) in [5, 5.41) is 3.24. The number of rotatable bonds is 1. The Morgan fingerprint density at radius 2 is 2.50 bits per heavy atom. The fourth-order valence-electron chi connectivity index (χ4n) is 1.56. The fraction of sp³-hybridized carbons (Fsp3) is 0.444. The second-order valence-corrected chi connectivity index (χ2v) is 3.12. The van der Waals surface area contributed by atoms with Crippen molar-refractivity contribution in [1.29, 1.82) is 0 Å². The van der Waals surface area contributed by atoms with E-state index in [4.69, 9.17) is 5.73 Å². The lowest BCUT2D eigenvalue weighted by atomic mass is 10.1. The van der Waals surface area contributed by atoms with E-state index in [-0.39, 0.29) is 0 Å². The first kappa shape index (κ1) is 7.55. The van der Waals surface area contributed by atoms with Crippen molar-refractivity contribution in [2.45, 2.75) is 19.9 Å². The van der Waals surface area contributed by atoms with Crippen LogP contribution in [0.5, 0.6) is 0 Å². The molecule has 0 saturated carbocycles. The van der Waals surface area contributed by atoms with E-state index in [1.165, 1.54) is 5.56 Å². The Morgan fingerprint density at radius 3 is 3.25 bits per heavy atom. The summed E-state index contributed by atoms with van der Waals surface area (Å²) in [5.74, 6) is 1.05. The van der Waals surface area contributed by atoms with E-state index in [0.717, 1.165) is 30.0 Å². The average molecular weight is 163 g/mol. The van der Waals surface area contributed by atoms with Gasteiger partial charge in [-0.25, -0.2) is 4.98 Å². The molecule has 0 spiro atoms. The number of aryl methyl sites for hydroxylation is 1. The SMILES string of the molecule is Cc1nc2c(cc1CN)CCN2. The highest BCUT2D eigenvalue weighted by atomic mass is 15.0. The van der Waals surface area contributed by atoms with Crippen LogP contribution in [-0.2, 0) is 13.0 Å². The number of hydrogen-bond acceptors (Lipinski definition) is 3. The third kappa shape index (κ3) is 1.06. The zero-order chi connectivity index (χ0) is 8.55. The van der Waals surface area contributed by atoms with Crippen LogP contribution in [0.25, 0.3) is 0 Å². The van der Waals surface area contributed by atoms with Crippen molar-refractivity contribution in [1.82, 2.24) is 4.98 Å². The standard InChI is InChI=1S/C9H13N3/c1-6-8(5-10)4-7-2-3-11-9(7)12-6/h4H,2-3,5,10H2,1H3,(H,11,12). The average Bonchev–Trinajstić information content (AvgIpc) is 2.49. The van der Waals surface area contributed by atoms with Crippen LogP contribution in [0.4, 0.5) is 5.82 Å². The molecule has 1 aliphatic rings. The lowest BCUT2D eigenvalue weighted by Crippen LogP contribution is -2.02. The van der Waals surface area contributed by atoms with Crippen LogP contribution in [0.3, 0.4) is 0 Å². The van der Waals surface area contributed by atoms with Crippen LogP contribution in [0.1, 0.15) is 16.8 Å². The van der Waals surface area contributed by atoms with E-state index in [1.807, 2.05) is 6.92 Å². The van der Waals surface area contributed by atoms with Crippen LogP contribution < -0.4 is 11.1 Å². The van der Waals surface area contributed by atoms with Gasteiger partial charge in [0.2, 0.25) is 0 Å². The lowest BCUT2D eigenvalue weighted by Gasteiger charge is -2.05. The second-order valence-electron chi connectivity index (χ2n) is 3.12. The van der Waals surface area contributed by atoms with Gasteiger partial charge in [0.1, 0.15) is 5.82 Å². The minimum absolute atomic E-state index is 0.589. The molecule has 0 aliphatic carbocycles. The van der Waals surface area contributed by atoms with E-state index in [1.54, 1.807) is 0 Å². The first-order valence-corrected chi connectivity index (χ1v) is 4.24. The molecule has 1 aromatic rings. The molecule has 2 heterocycles. The number of pyridine rings is 1. The molecule has 1 aromatic heterocycles. The van der Waals surface area contributed by atoms with E-state index in [0.29, 0.717) is 6.54 Å². The van der Waals surface area contributed by atoms with Crippen LogP contribution in [-0.4, -0.2) is 11.5 Å². The minimum atomic E-state index is 0.589. The van der Waals surface area contributed by atoms with Crippen molar-refractivity contribution < 1.29 is 0 Å². The van der Waals surface area contributed by atoms with Gasteiger partial charge in [-0.3, -0.25) is 0 Å². The number of fused-ring (bicyclic) bond motifs is 1. The molecule has 0 atom stereocenters. The van der Waals surface area contributed by atoms with E-state index in [9.17, 15) is 0 Å². The van der Waals surface area contributed by atoms with Crippen LogP contribution >= 0.6 is 0 Å². The zero-order valence-corrected chi connectivity index (χ0v) is 7.22. The van der Waals surface area contributed by atoms with Crippen molar-refractivity contribution in [3.8, 4) is 0 Å². The predicted molar refractivity (Wildman–Crippen MR) is 49.1 cm³/mol. The van der Waals surface area contributed by atoms with Crippen molar-refractivity contribution in [3.05, 3.63) is 22.9 Å². The summed E-state index contributed by atoms with van der Waals surface area (Å²) in [5.41, 5.74) is 9.10. The molecule has 3 N–H and O–H groups in total. The Hall–Kier alpha value is -1.09. The summed E-state index contributed by atoms with van der Waals surface area (Å²) in [7, 11) is 0. The molecule has 1 aliphatic heterocycles. The van der Waals surface area contributed by atoms with Gasteiger partial charge in [0.05, 0.1) is 0 Å². The van der Waals surface area contributed by atoms with Crippen molar-refractivity contribution in [3.63, 3.8) is 0 Å². The predicted octanol–water partition coefficient (Wildman–Crippen LogP) is 0.817. The molecule has 0 fully saturated rings. The summed E-state index contributed by atoms with van der Waals surface area (Å²) >= 11 is 0. The van der Waals surface area contributed by atoms with Crippen molar-refractivity contribution >= 4 is 5.82 Å². The van der Waals surface area contributed by atoms with E-state index < -0.39 is 0 Å². The number of nitrogens with one attached hydrogen (secondary N) is 1. The van der Waals surface area contributed by atoms with Gasteiger partial charge < -0.3 is 11.1 Å². The molecule has 0 radical (unpaired) electrons. The van der Waals surface area contributed by atoms with Crippen molar-refractivity contribution in [2.24, 2.45) is 5.73 Å². The maximum Gasteiger partial charge on any atom is 0.129 e. The molecular formula is C9H13N3. The Bertz CT molecular complexity index is 306. The monoisotopic (exact) mass is 163 g/mol. The fourth-order valence-corrected chi connectivity index (χ4v) is 1.56. The molecule has 2 rings (SSSR count). The smallest absolute Gasteiger partial charge is 0.129 e. The first-order chi connectivity index (χ1) is 5.81. The highest BCUT2D eigenvalue weighted by molar-refractivity contribution is 5.51. The van der Waals surface area contributed by atoms with Crippen LogP contribution in [0.2, 0.25) is 0 Å². The highest BCUT2D eigenvalue weighted by Crippen LogP contribution is 2.21. The van der Waals surface area contributed by atoms with E-state index >= 15 is 0 Å². The molecule has 64 valence electrons. The Kier molecular flexibility index (Phi) is 1.73. The van der Waals surface area contributed by atoms with Gasteiger partial charge in [0.25, 0.3) is 0 Å². The molecule has 0 aromatic carbocycles. The lowest BCUT2D eigenvalue weighted by molar-refractivity contribution is 1.00. The molecule has 0 saturated heterocycles. The molecular weight excluding hydrogens is 150 g/mol. The number of nitrogens with two attached hydrogens (primary N) is 1. The zero-order valence-electron chi connectivity index (χ0n) is 7.22. The largest absolute Gasteiger partial charge is 0.370 e. The van der Waals surface area contributed by atoms with Crippen LogP contribution in [0.15, 0.2) is 6.07 Å². The van der Waals surface area contributed by atoms with E-state index in [2.05, 4.69) is 16.4 Å². The summed E-state index contributed by atoms with van der Waals surface area (Å²) in [4.78, 5) is 4.43. The van der Waals surface area contributed by atoms with Gasteiger partial charge in [-0.15, -0.1) is 0 Å². The maximum absolute atomic E-state index is 5.58. The Morgan fingerprint density at radius 1 is 1.67 bits per heavy atom.